The zero-order chi connectivity index (χ0) is 69.9. The first-order valence-corrected chi connectivity index (χ1v) is 24.5. The molecule has 6 aromatic carbocycles. The molecule has 0 aliphatic heterocycles. The largest absolute Gasteiger partial charge is 3.00 e. The Hall–Kier alpha value is -9.83. The van der Waals surface area contributed by atoms with Crippen LogP contribution < -0.4 is 87.5 Å². The molecule has 6 N–H and O–H groups in total. The Kier molecular flexibility index (Phi) is 64.8. The van der Waals surface area contributed by atoms with Gasteiger partial charge in [-0.15, -0.1) is 0 Å². The summed E-state index contributed by atoms with van der Waals surface area (Å²) >= 11 is 0. The molecule has 0 aromatic heterocycles. The van der Waals surface area contributed by atoms with Crippen LogP contribution in [0.15, 0.2) is 72.8 Å². The van der Waals surface area contributed by atoms with E-state index in [4.69, 9.17) is 77.9 Å². The molecule has 0 amide bonds. The molecule has 0 heterocycles. The second-order valence-corrected chi connectivity index (χ2v) is 15.1. The average molecular weight is 1610 g/mol. The number of carbonyl (C=O) groups is 6. The Morgan fingerprint density at radius 1 is 0.245 bits per heavy atom. The first-order chi connectivity index (χ1) is 43.0. The van der Waals surface area contributed by atoms with E-state index in [0.717, 1.165) is 0 Å². The first kappa shape index (κ1) is 100. The monoisotopic (exact) mass is 1620 g/mol. The molecule has 0 saturated heterocycles. The SMILES string of the molecule is CC#N.CC#N.CC#N.CC#N.COc1cc(C=O)cc(OC)c1[O-].COc1cc(C=O)cc(OC)c1[O-].COc1cc(C=O)cc(OC)c1[O-].COc1cc(C=O)cc(OC)c1[O-].COc1cc(C=O)cc(OC)c1[O-].COc1cc(C=O)cc(OC)c1[O-].[Dy+3].[Dy+3].[OH3+].[OH3+]. The summed E-state index contributed by atoms with van der Waals surface area (Å²) in [5.41, 5.74) is 2.13. The number of aldehydes is 6. The Bertz CT molecular complexity index is 2670. The molecule has 6 aromatic rings. The van der Waals surface area contributed by atoms with Gasteiger partial charge in [-0.2, -0.15) is 21.0 Å². The van der Waals surface area contributed by atoms with Crippen LogP contribution in [-0.2, 0) is 11.0 Å². The molecule has 30 nitrogen and oxygen atoms in total. The summed E-state index contributed by atoms with van der Waals surface area (Å²) in [6, 6.07) is 23.5. The molecule has 32 heteroatoms. The van der Waals surface area contributed by atoms with Gasteiger partial charge in [-0.3, -0.25) is 28.8 Å². The van der Waals surface area contributed by atoms with E-state index >= 15 is 0 Å². The van der Waals surface area contributed by atoms with Crippen LogP contribution in [0, 0.1) is 122 Å². The molecule has 0 atom stereocenters. The van der Waals surface area contributed by atoms with Crippen molar-refractivity contribution >= 4 is 37.7 Å². The number of benzene rings is 6. The van der Waals surface area contributed by atoms with Crippen LogP contribution in [-0.4, -0.2) is 123 Å². The molecular weight excluding hydrogens is 1540 g/mol. The smallest absolute Gasteiger partial charge is 0.867 e. The van der Waals surface area contributed by atoms with Crippen LogP contribution in [0.1, 0.15) is 89.8 Å². The minimum absolute atomic E-state index is 0. The van der Waals surface area contributed by atoms with Gasteiger partial charge in [0.1, 0.15) is 107 Å². The summed E-state index contributed by atoms with van der Waals surface area (Å²) in [4.78, 5) is 62.6. The molecule has 514 valence electrons. The van der Waals surface area contributed by atoms with E-state index in [1.165, 1.54) is 186 Å². The van der Waals surface area contributed by atoms with E-state index in [1.54, 1.807) is 24.3 Å². The summed E-state index contributed by atoms with van der Waals surface area (Å²) in [6.45, 7) is 5.72. The molecule has 0 bridgehead atoms. The third-order valence-corrected chi connectivity index (χ3v) is 9.71. The van der Waals surface area contributed by atoms with Gasteiger partial charge in [-0.1, -0.05) is 0 Å². The van der Waals surface area contributed by atoms with E-state index in [1.807, 2.05) is 0 Å². The molecule has 0 aliphatic rings. The zero-order valence-electron chi connectivity index (χ0n) is 53.8. The van der Waals surface area contributed by atoms with Gasteiger partial charge in [0.25, 0.3) is 0 Å². The number of rotatable bonds is 18. The number of nitrogens with zero attached hydrogens (tertiary/aromatic N) is 4. The van der Waals surface area contributed by atoms with E-state index < -0.39 is 0 Å². The number of hydrogen-bond donors (Lipinski definition) is 0. The van der Waals surface area contributed by atoms with Crippen molar-refractivity contribution in [2.24, 2.45) is 0 Å². The Morgan fingerprint density at radius 3 is 0.351 bits per heavy atom. The molecule has 0 unspecified atom stereocenters. The number of ether oxygens (including phenoxy) is 12. The van der Waals surface area contributed by atoms with Crippen LogP contribution >= 0.6 is 0 Å². The van der Waals surface area contributed by atoms with Gasteiger partial charge in [0.2, 0.25) is 0 Å². The minimum atomic E-state index is -0.351. The second kappa shape index (κ2) is 60.7. The molecule has 94 heavy (non-hydrogen) atoms. The van der Waals surface area contributed by atoms with Crippen molar-refractivity contribution < 1.29 is 204 Å². The Labute approximate surface area is 604 Å². The summed E-state index contributed by atoms with van der Waals surface area (Å²) < 4.78 is 57.3. The van der Waals surface area contributed by atoms with Gasteiger partial charge in [-0.25, -0.2) is 0 Å². The summed E-state index contributed by atoms with van der Waals surface area (Å²) in [5.74, 6) is -0.758. The van der Waals surface area contributed by atoms with Gasteiger partial charge in [0, 0.05) is 61.1 Å². The summed E-state index contributed by atoms with van der Waals surface area (Å²) in [7, 11) is 16.4. The fourth-order valence-corrected chi connectivity index (χ4v) is 5.81. The van der Waals surface area contributed by atoms with E-state index in [-0.39, 0.29) is 191 Å². The fourth-order valence-electron chi connectivity index (χ4n) is 5.81. The third-order valence-electron chi connectivity index (χ3n) is 9.71. The van der Waals surface area contributed by atoms with Gasteiger partial charge in [-0.05, 0) is 107 Å². The van der Waals surface area contributed by atoms with Gasteiger partial charge in [0.15, 0.2) is 0 Å². The van der Waals surface area contributed by atoms with Crippen molar-refractivity contribution in [1.29, 1.82) is 21.0 Å². The second-order valence-electron chi connectivity index (χ2n) is 15.1. The number of methoxy groups -OCH3 is 12. The van der Waals surface area contributed by atoms with Gasteiger partial charge >= 0.3 is 76.3 Å². The van der Waals surface area contributed by atoms with Crippen molar-refractivity contribution in [2.75, 3.05) is 85.3 Å². The minimum Gasteiger partial charge on any atom is -0.867 e. The normalized spacial score (nSPS) is 8.13. The van der Waals surface area contributed by atoms with Crippen LogP contribution in [0.5, 0.6) is 103 Å². The van der Waals surface area contributed by atoms with Crippen molar-refractivity contribution in [3.63, 3.8) is 0 Å². The van der Waals surface area contributed by atoms with E-state index in [9.17, 15) is 59.4 Å². The predicted octanol–water partition coefficient (Wildman–Crippen LogP) is 3.82. The number of nitriles is 4. The van der Waals surface area contributed by atoms with E-state index in [2.05, 4.69) is 0 Å². The zero-order valence-corrected chi connectivity index (χ0v) is 57.8. The summed E-state index contributed by atoms with van der Waals surface area (Å²) in [5, 5.41) is 97.3. The topological polar surface area (TPSA) is 513 Å². The predicted molar refractivity (Wildman–Crippen MR) is 321 cm³/mol. The van der Waals surface area contributed by atoms with Gasteiger partial charge in [0.05, 0.1) is 110 Å². The van der Waals surface area contributed by atoms with Crippen molar-refractivity contribution in [3.05, 3.63) is 106 Å². The van der Waals surface area contributed by atoms with Crippen molar-refractivity contribution in [1.82, 2.24) is 0 Å². The van der Waals surface area contributed by atoms with Crippen LogP contribution in [0.25, 0.3) is 0 Å². The molecule has 6 rings (SSSR count). The Balaban J connectivity index is -0.000000151. The molecule has 2 radical (unpaired) electrons. The van der Waals surface area contributed by atoms with Crippen LogP contribution in [0.2, 0.25) is 0 Å². The molecule has 0 saturated carbocycles. The maximum atomic E-state index is 11.3. The summed E-state index contributed by atoms with van der Waals surface area (Å²) in [6.07, 6.45) is 3.78. The third kappa shape index (κ3) is 36.3. The van der Waals surface area contributed by atoms with Crippen LogP contribution in [0.4, 0.5) is 0 Å². The Morgan fingerprint density at radius 2 is 0.309 bits per heavy atom. The van der Waals surface area contributed by atoms with Crippen molar-refractivity contribution in [3.8, 4) is 128 Å². The van der Waals surface area contributed by atoms with Crippen LogP contribution in [0.3, 0.4) is 0 Å². The first-order valence-electron chi connectivity index (χ1n) is 24.5. The number of hydrogen-bond acceptors (Lipinski definition) is 28. The molecule has 0 aliphatic carbocycles. The molecular formula is C62H72Dy2N4O26+2. The number of carbonyl (C=O) groups excluding carboxylic acids is 6. The fraction of sp³-hybridized carbons (Fsp3) is 0.258. The molecule has 0 spiro atoms. The average Bonchev–Trinajstić information content (AvgIpc) is 1.44. The quantitative estimate of drug-likeness (QED) is 0.0871. The molecule has 0 fully saturated rings. The van der Waals surface area contributed by atoms with Gasteiger partial charge < -0.3 is 98.4 Å². The maximum Gasteiger partial charge on any atom is 3.00 e. The van der Waals surface area contributed by atoms with E-state index in [0.29, 0.717) is 71.1 Å². The maximum absolute atomic E-state index is 11.3. The van der Waals surface area contributed by atoms with Crippen molar-refractivity contribution in [2.45, 2.75) is 27.7 Å². The standard InChI is InChI=1S/6C9H10O4.4C2H3N.2Dy.2H2O/c6*1-12-7-3-6(5-10)4-8(13-2)9(7)11;4*1-2-3;;;;/h6*3-5,11H,1-2H3;4*1H3;;;2*1H2/q;;;;;;;;;;2*+3;;/p-4.